The van der Waals surface area contributed by atoms with Crippen LogP contribution in [0.3, 0.4) is 0 Å². The highest BCUT2D eigenvalue weighted by Gasteiger charge is 2.19. The predicted octanol–water partition coefficient (Wildman–Crippen LogP) is 4.34. The predicted molar refractivity (Wildman–Crippen MR) is 73.4 cm³/mol. The van der Waals surface area contributed by atoms with E-state index in [0.29, 0.717) is 11.3 Å². The number of hydrogen-bond donors (Lipinski definition) is 0. The van der Waals surface area contributed by atoms with Gasteiger partial charge in [0, 0.05) is 21.9 Å². The van der Waals surface area contributed by atoms with Crippen molar-refractivity contribution in [3.05, 3.63) is 57.5 Å². The molecule has 3 aromatic rings. The summed E-state index contributed by atoms with van der Waals surface area (Å²) in [5, 5.41) is 4.77. The monoisotopic (exact) mass is 256 g/mol. The Balaban J connectivity index is 2.19. The first-order valence-electron chi connectivity index (χ1n) is 5.73. The molecular weight excluding hydrogens is 244 g/mol. The van der Waals surface area contributed by atoms with Crippen LogP contribution in [0.25, 0.3) is 11.0 Å². The maximum absolute atomic E-state index is 12.3. The molecule has 2 aromatic heterocycles. The Labute approximate surface area is 109 Å². The highest BCUT2D eigenvalue weighted by atomic mass is 32.1. The van der Waals surface area contributed by atoms with E-state index in [4.69, 9.17) is 4.42 Å². The van der Waals surface area contributed by atoms with Crippen molar-refractivity contribution >= 4 is 28.1 Å². The number of fused-ring (bicyclic) bond motifs is 1. The van der Waals surface area contributed by atoms with Gasteiger partial charge >= 0.3 is 0 Å². The summed E-state index contributed by atoms with van der Waals surface area (Å²) in [5.41, 5.74) is 3.56. The molecule has 0 atom stereocenters. The Hall–Kier alpha value is -1.87. The summed E-state index contributed by atoms with van der Waals surface area (Å²) in [7, 11) is 0. The van der Waals surface area contributed by atoms with E-state index in [9.17, 15) is 4.79 Å². The van der Waals surface area contributed by atoms with Gasteiger partial charge in [-0.3, -0.25) is 4.79 Å². The summed E-state index contributed by atoms with van der Waals surface area (Å²) < 4.78 is 5.69. The van der Waals surface area contributed by atoms with Gasteiger partial charge < -0.3 is 4.42 Å². The number of benzene rings is 1. The third-order valence-electron chi connectivity index (χ3n) is 3.08. The summed E-state index contributed by atoms with van der Waals surface area (Å²) in [6.45, 7) is 3.97. The number of carbonyl (C=O) groups excluding carboxylic acids is 1. The third kappa shape index (κ3) is 1.68. The molecule has 0 radical (unpaired) electrons. The molecule has 0 aliphatic heterocycles. The van der Waals surface area contributed by atoms with Gasteiger partial charge in [-0.05, 0) is 37.4 Å². The SMILES string of the molecule is Cc1ccc2oc(C(=O)c3ccsc3)c(C)c2c1. The molecule has 1 aromatic carbocycles. The molecule has 0 aliphatic carbocycles. The van der Waals surface area contributed by atoms with E-state index in [1.165, 1.54) is 16.9 Å². The quantitative estimate of drug-likeness (QED) is 0.638. The van der Waals surface area contributed by atoms with Crippen molar-refractivity contribution in [3.8, 4) is 0 Å². The van der Waals surface area contributed by atoms with Gasteiger partial charge in [0.05, 0.1) is 0 Å². The van der Waals surface area contributed by atoms with Crippen LogP contribution in [-0.4, -0.2) is 5.78 Å². The van der Waals surface area contributed by atoms with Crippen LogP contribution in [0, 0.1) is 13.8 Å². The molecule has 90 valence electrons. The Morgan fingerprint density at radius 3 is 2.78 bits per heavy atom. The number of hydrogen-bond acceptors (Lipinski definition) is 3. The summed E-state index contributed by atoms with van der Waals surface area (Å²) in [6.07, 6.45) is 0. The second-order valence-corrected chi connectivity index (χ2v) is 5.18. The Morgan fingerprint density at radius 2 is 2.06 bits per heavy atom. The molecule has 18 heavy (non-hydrogen) atoms. The molecule has 0 fully saturated rings. The van der Waals surface area contributed by atoms with Gasteiger partial charge in [0.2, 0.25) is 5.78 Å². The molecule has 0 unspecified atom stereocenters. The van der Waals surface area contributed by atoms with E-state index in [-0.39, 0.29) is 5.78 Å². The lowest BCUT2D eigenvalue weighted by Gasteiger charge is -1.94. The van der Waals surface area contributed by atoms with Crippen molar-refractivity contribution in [1.82, 2.24) is 0 Å². The minimum Gasteiger partial charge on any atom is -0.452 e. The minimum atomic E-state index is -0.0393. The zero-order chi connectivity index (χ0) is 12.7. The van der Waals surface area contributed by atoms with E-state index in [1.54, 1.807) is 0 Å². The van der Waals surface area contributed by atoms with Crippen LogP contribution >= 0.6 is 11.3 Å². The average Bonchev–Trinajstić information content (AvgIpc) is 2.98. The normalized spacial score (nSPS) is 11.0. The molecule has 0 saturated heterocycles. The van der Waals surface area contributed by atoms with Crippen molar-refractivity contribution in [2.75, 3.05) is 0 Å². The number of carbonyl (C=O) groups is 1. The van der Waals surface area contributed by atoms with Gasteiger partial charge in [-0.25, -0.2) is 0 Å². The molecule has 0 amide bonds. The molecule has 2 nitrogen and oxygen atoms in total. The zero-order valence-electron chi connectivity index (χ0n) is 10.2. The minimum absolute atomic E-state index is 0.0393. The van der Waals surface area contributed by atoms with Crippen molar-refractivity contribution in [1.29, 1.82) is 0 Å². The van der Waals surface area contributed by atoms with Crippen LogP contribution in [0.5, 0.6) is 0 Å². The van der Waals surface area contributed by atoms with E-state index in [2.05, 4.69) is 6.07 Å². The third-order valence-corrected chi connectivity index (χ3v) is 3.76. The summed E-state index contributed by atoms with van der Waals surface area (Å²) >= 11 is 1.52. The lowest BCUT2D eigenvalue weighted by Crippen LogP contribution is -1.99. The van der Waals surface area contributed by atoms with Crippen LogP contribution in [0.15, 0.2) is 39.4 Å². The van der Waals surface area contributed by atoms with E-state index < -0.39 is 0 Å². The maximum atomic E-state index is 12.3. The van der Waals surface area contributed by atoms with Gasteiger partial charge in [-0.2, -0.15) is 11.3 Å². The van der Waals surface area contributed by atoms with E-state index in [1.807, 2.05) is 42.8 Å². The van der Waals surface area contributed by atoms with Crippen molar-refractivity contribution in [2.24, 2.45) is 0 Å². The number of aryl methyl sites for hydroxylation is 2. The first kappa shape index (κ1) is 11.2. The van der Waals surface area contributed by atoms with E-state index in [0.717, 1.165) is 16.5 Å². The molecule has 3 heteroatoms. The van der Waals surface area contributed by atoms with E-state index >= 15 is 0 Å². The summed E-state index contributed by atoms with van der Waals surface area (Å²) in [6, 6.07) is 7.79. The lowest BCUT2D eigenvalue weighted by molar-refractivity contribution is 0.101. The molecule has 3 rings (SSSR count). The molecule has 0 bridgehead atoms. The Bertz CT molecular complexity index is 720. The average molecular weight is 256 g/mol. The number of ketones is 1. The first-order chi connectivity index (χ1) is 8.66. The standard InChI is InChI=1S/C15H12O2S/c1-9-3-4-13-12(7-9)10(2)15(17-13)14(16)11-5-6-18-8-11/h3-8H,1-2H3. The van der Waals surface area contributed by atoms with Gasteiger partial charge in [-0.15, -0.1) is 0 Å². The van der Waals surface area contributed by atoms with Crippen LogP contribution in [-0.2, 0) is 0 Å². The molecule has 0 saturated carbocycles. The highest BCUT2D eigenvalue weighted by Crippen LogP contribution is 2.28. The Kier molecular flexibility index (Phi) is 2.56. The molecule has 0 spiro atoms. The summed E-state index contributed by atoms with van der Waals surface area (Å²) in [4.78, 5) is 12.3. The largest absolute Gasteiger partial charge is 0.452 e. The number of thiophene rings is 1. The first-order valence-corrected chi connectivity index (χ1v) is 6.68. The molecule has 2 heterocycles. The fraction of sp³-hybridized carbons (Fsp3) is 0.133. The van der Waals surface area contributed by atoms with Gasteiger partial charge in [0.1, 0.15) is 5.58 Å². The van der Waals surface area contributed by atoms with Crippen LogP contribution in [0.2, 0.25) is 0 Å². The Morgan fingerprint density at radius 1 is 1.22 bits per heavy atom. The topological polar surface area (TPSA) is 30.2 Å². The summed E-state index contributed by atoms with van der Waals surface area (Å²) in [5.74, 6) is 0.414. The molecule has 0 N–H and O–H groups in total. The molecule has 0 aliphatic rings. The number of rotatable bonds is 2. The van der Waals surface area contributed by atoms with Crippen LogP contribution in [0.1, 0.15) is 27.2 Å². The molecular formula is C15H12O2S. The smallest absolute Gasteiger partial charge is 0.229 e. The van der Waals surface area contributed by atoms with Crippen molar-refractivity contribution in [3.63, 3.8) is 0 Å². The fourth-order valence-electron chi connectivity index (χ4n) is 2.08. The van der Waals surface area contributed by atoms with Gasteiger partial charge in [-0.1, -0.05) is 11.6 Å². The van der Waals surface area contributed by atoms with Crippen LogP contribution < -0.4 is 0 Å². The number of furan rings is 1. The van der Waals surface area contributed by atoms with Gasteiger partial charge in [0.15, 0.2) is 5.76 Å². The fourth-order valence-corrected chi connectivity index (χ4v) is 2.71. The second kappa shape index (κ2) is 4.10. The highest BCUT2D eigenvalue weighted by molar-refractivity contribution is 7.08. The van der Waals surface area contributed by atoms with Crippen molar-refractivity contribution in [2.45, 2.75) is 13.8 Å². The van der Waals surface area contributed by atoms with Crippen molar-refractivity contribution < 1.29 is 9.21 Å². The van der Waals surface area contributed by atoms with Crippen LogP contribution in [0.4, 0.5) is 0 Å². The van der Waals surface area contributed by atoms with Gasteiger partial charge in [0.25, 0.3) is 0 Å². The zero-order valence-corrected chi connectivity index (χ0v) is 11.0. The lowest BCUT2D eigenvalue weighted by atomic mass is 10.1. The second-order valence-electron chi connectivity index (χ2n) is 4.40. The maximum Gasteiger partial charge on any atom is 0.229 e.